The Kier molecular flexibility index (Phi) is 13.0. The van der Waals surface area contributed by atoms with E-state index < -0.39 is 17.8 Å². The number of nitrogens with zero attached hydrogens (tertiary/aromatic N) is 6. The highest BCUT2D eigenvalue weighted by Crippen LogP contribution is 2.30. The fourth-order valence-corrected chi connectivity index (χ4v) is 6.48. The molecule has 0 saturated carbocycles. The van der Waals surface area contributed by atoms with E-state index in [1.807, 2.05) is 110 Å². The minimum Gasteiger partial charge on any atom is -0.444 e. The minimum atomic E-state index is -0.594. The predicted octanol–water partition coefficient (Wildman–Crippen LogP) is 7.36. The van der Waals surface area contributed by atoms with E-state index in [0.29, 0.717) is 69.3 Å². The predicted molar refractivity (Wildman–Crippen MR) is 210 cm³/mol. The molecule has 1 aliphatic rings. The summed E-state index contributed by atoms with van der Waals surface area (Å²) < 4.78 is 19.4. The van der Waals surface area contributed by atoms with Gasteiger partial charge in [0.2, 0.25) is 5.88 Å². The van der Waals surface area contributed by atoms with Gasteiger partial charge in [-0.1, -0.05) is 91.0 Å². The van der Waals surface area contributed by atoms with Crippen LogP contribution in [0.5, 0.6) is 5.88 Å². The number of carbonyl (C=O) groups excluding carboxylic acids is 2. The molecule has 0 aliphatic carbocycles. The van der Waals surface area contributed by atoms with Gasteiger partial charge in [-0.15, -0.1) is 0 Å². The van der Waals surface area contributed by atoms with Gasteiger partial charge in [0, 0.05) is 70.9 Å². The van der Waals surface area contributed by atoms with Gasteiger partial charge in [-0.2, -0.15) is 0 Å². The molecule has 3 heterocycles. The molecule has 0 N–H and O–H groups in total. The van der Waals surface area contributed by atoms with Gasteiger partial charge in [0.05, 0.1) is 24.6 Å². The number of ether oxygens (including phenoxy) is 3. The van der Waals surface area contributed by atoms with Crippen LogP contribution < -0.4 is 4.74 Å². The third-order valence-corrected chi connectivity index (χ3v) is 9.27. The Morgan fingerprint density at radius 1 is 0.759 bits per heavy atom. The highest BCUT2D eigenvalue weighted by Gasteiger charge is 2.26. The second kappa shape index (κ2) is 18.2. The van der Waals surface area contributed by atoms with Crippen LogP contribution in [0.15, 0.2) is 97.2 Å². The maximum atomic E-state index is 14.4. The lowest BCUT2D eigenvalue weighted by Crippen LogP contribution is -2.41. The van der Waals surface area contributed by atoms with Crippen LogP contribution in [0.1, 0.15) is 56.1 Å². The van der Waals surface area contributed by atoms with Gasteiger partial charge in [0.1, 0.15) is 11.3 Å². The van der Waals surface area contributed by atoms with Gasteiger partial charge in [0.15, 0.2) is 5.65 Å². The monoisotopic (exact) mass is 732 g/mol. The lowest BCUT2D eigenvalue weighted by Gasteiger charge is -2.28. The molecule has 0 bridgehead atoms. The number of fused-ring (bicyclic) bond motifs is 1. The Hall–Kier alpha value is -5.26. The van der Waals surface area contributed by atoms with Crippen LogP contribution >= 0.6 is 0 Å². The molecule has 0 atom stereocenters. The molecule has 11 nitrogen and oxygen atoms in total. The first-order valence-electron chi connectivity index (χ1n) is 18.9. The van der Waals surface area contributed by atoms with Crippen molar-refractivity contribution in [1.29, 1.82) is 0 Å². The van der Waals surface area contributed by atoms with Crippen LogP contribution in [0.4, 0.5) is 9.59 Å². The van der Waals surface area contributed by atoms with Crippen molar-refractivity contribution in [2.75, 3.05) is 59.5 Å². The van der Waals surface area contributed by atoms with Crippen molar-refractivity contribution in [2.45, 2.75) is 52.1 Å². The van der Waals surface area contributed by atoms with Gasteiger partial charge in [-0.25, -0.2) is 19.6 Å². The van der Waals surface area contributed by atoms with Crippen LogP contribution in [-0.4, -0.2) is 106 Å². The Morgan fingerprint density at radius 3 is 1.98 bits per heavy atom. The Balaban J connectivity index is 1.33. The first-order chi connectivity index (χ1) is 26.1. The SMILES string of the molecule is CN(CCCN(CCCN1CCOCC1)C(=O)Oc1c(Cc2ccccc2)nc2c(Cc3ccccc3)nc(-c3ccccc3)cn12)C(=O)OC(C)(C)C. The molecule has 3 aromatic carbocycles. The molecule has 0 radical (unpaired) electrons. The molecule has 54 heavy (non-hydrogen) atoms. The Labute approximate surface area is 318 Å². The molecular weight excluding hydrogens is 681 g/mol. The zero-order valence-corrected chi connectivity index (χ0v) is 31.9. The van der Waals surface area contributed by atoms with E-state index in [0.717, 1.165) is 54.1 Å². The third-order valence-electron chi connectivity index (χ3n) is 9.27. The van der Waals surface area contributed by atoms with E-state index in [1.54, 1.807) is 16.8 Å². The molecule has 0 unspecified atom stereocenters. The molecule has 0 spiro atoms. The van der Waals surface area contributed by atoms with Crippen molar-refractivity contribution in [3.8, 4) is 17.1 Å². The van der Waals surface area contributed by atoms with E-state index >= 15 is 0 Å². The molecule has 11 heteroatoms. The van der Waals surface area contributed by atoms with Crippen molar-refractivity contribution in [1.82, 2.24) is 29.1 Å². The average Bonchev–Trinajstić information content (AvgIpc) is 3.51. The van der Waals surface area contributed by atoms with Gasteiger partial charge >= 0.3 is 12.2 Å². The number of amides is 2. The highest BCUT2D eigenvalue weighted by atomic mass is 16.6. The number of imidazole rings is 1. The summed E-state index contributed by atoms with van der Waals surface area (Å²) in [5, 5.41) is 0. The average molecular weight is 733 g/mol. The normalized spacial score (nSPS) is 13.5. The number of rotatable bonds is 14. The first kappa shape index (κ1) is 38.5. The van der Waals surface area contributed by atoms with E-state index in [-0.39, 0.29) is 0 Å². The van der Waals surface area contributed by atoms with Gasteiger partial charge in [-0.3, -0.25) is 9.30 Å². The summed E-state index contributed by atoms with van der Waals surface area (Å²) in [7, 11) is 1.72. The standard InChI is InChI=1S/C43H52N6O5/c1-43(2,3)54-41(50)46(4)22-14-24-48(25-15-23-47-26-28-52-29-27-47)42(51)53-40-37(31-34-18-10-6-11-19-34)45-39-36(30-33-16-8-5-9-17-33)44-38(32-49(39)40)35-20-12-7-13-21-35/h5-13,16-21,32H,14-15,22-31H2,1-4H3. The van der Waals surface area contributed by atoms with Gasteiger partial charge in [0.25, 0.3) is 0 Å². The number of hydrogen-bond donors (Lipinski definition) is 0. The molecule has 284 valence electrons. The van der Waals surface area contributed by atoms with Crippen molar-refractivity contribution >= 4 is 17.8 Å². The van der Waals surface area contributed by atoms with E-state index in [2.05, 4.69) is 17.0 Å². The second-order valence-corrected chi connectivity index (χ2v) is 14.7. The second-order valence-electron chi connectivity index (χ2n) is 14.7. The summed E-state index contributed by atoms with van der Waals surface area (Å²) in [6, 6.07) is 30.3. The van der Waals surface area contributed by atoms with Crippen molar-refractivity contribution in [3.05, 3.63) is 120 Å². The summed E-state index contributed by atoms with van der Waals surface area (Å²) in [5.74, 6) is 0.372. The largest absolute Gasteiger partial charge is 0.444 e. The zero-order chi connectivity index (χ0) is 37.9. The number of aromatic nitrogens is 3. The topological polar surface area (TPSA) is 102 Å². The summed E-state index contributed by atoms with van der Waals surface area (Å²) in [6.45, 7) is 10.9. The minimum absolute atomic E-state index is 0.372. The summed E-state index contributed by atoms with van der Waals surface area (Å²) in [4.78, 5) is 43.0. The lowest BCUT2D eigenvalue weighted by molar-refractivity contribution is 0.0291. The zero-order valence-electron chi connectivity index (χ0n) is 31.9. The van der Waals surface area contributed by atoms with E-state index in [9.17, 15) is 9.59 Å². The molecule has 2 aromatic heterocycles. The van der Waals surface area contributed by atoms with Crippen LogP contribution in [0.3, 0.4) is 0 Å². The van der Waals surface area contributed by atoms with Gasteiger partial charge < -0.3 is 24.0 Å². The smallest absolute Gasteiger partial charge is 0.416 e. The van der Waals surface area contributed by atoms with Crippen molar-refractivity contribution < 1.29 is 23.8 Å². The maximum Gasteiger partial charge on any atom is 0.416 e. The van der Waals surface area contributed by atoms with Crippen LogP contribution in [0, 0.1) is 0 Å². The molecule has 1 aliphatic heterocycles. The summed E-state index contributed by atoms with van der Waals surface area (Å²) in [5.41, 5.74) is 5.33. The third kappa shape index (κ3) is 10.7. The fraction of sp³-hybridized carbons (Fsp3) is 0.395. The molecular formula is C43H52N6O5. The molecule has 5 aromatic rings. The maximum absolute atomic E-state index is 14.4. The van der Waals surface area contributed by atoms with Crippen LogP contribution in [0.25, 0.3) is 16.9 Å². The molecule has 6 rings (SSSR count). The molecule has 2 amide bonds. The number of carbonyl (C=O) groups is 2. The van der Waals surface area contributed by atoms with Crippen LogP contribution in [0.2, 0.25) is 0 Å². The van der Waals surface area contributed by atoms with E-state index in [1.165, 1.54) is 0 Å². The Morgan fingerprint density at radius 2 is 1.35 bits per heavy atom. The number of benzene rings is 3. The molecule has 1 saturated heterocycles. The number of morpholine rings is 1. The first-order valence-corrected chi connectivity index (χ1v) is 18.9. The molecule has 1 fully saturated rings. The summed E-state index contributed by atoms with van der Waals surface area (Å²) >= 11 is 0. The lowest BCUT2D eigenvalue weighted by atomic mass is 10.1. The fourth-order valence-electron chi connectivity index (χ4n) is 6.48. The van der Waals surface area contributed by atoms with Crippen molar-refractivity contribution in [3.63, 3.8) is 0 Å². The van der Waals surface area contributed by atoms with Crippen molar-refractivity contribution in [2.24, 2.45) is 0 Å². The van der Waals surface area contributed by atoms with E-state index in [4.69, 9.17) is 24.2 Å². The van der Waals surface area contributed by atoms with Gasteiger partial charge in [-0.05, 0) is 44.7 Å². The highest BCUT2D eigenvalue weighted by molar-refractivity contribution is 5.72. The Bertz CT molecular complexity index is 1960. The quantitative estimate of drug-likeness (QED) is 0.117. The number of hydrogen-bond acceptors (Lipinski definition) is 8. The van der Waals surface area contributed by atoms with Crippen LogP contribution in [-0.2, 0) is 22.3 Å². The summed E-state index contributed by atoms with van der Waals surface area (Å²) in [6.07, 6.45) is 3.40.